The zero-order chi connectivity index (χ0) is 7.42. The van der Waals surface area contributed by atoms with E-state index in [1.807, 2.05) is 0 Å². The summed E-state index contributed by atoms with van der Waals surface area (Å²) in [6.45, 7) is 3.89. The third-order valence-corrected chi connectivity index (χ3v) is 3.58. The van der Waals surface area contributed by atoms with Gasteiger partial charge in [0, 0.05) is 12.8 Å². The molecule has 0 aromatic carbocycles. The highest BCUT2D eigenvalue weighted by atomic mass is 15.2. The van der Waals surface area contributed by atoms with Crippen LogP contribution >= 0.6 is 0 Å². The Morgan fingerprint density at radius 3 is 2.36 bits per heavy atom. The molecule has 0 saturated carbocycles. The standard InChI is InChI=1S/C10H14N/c1-2-7-3-8-5-10-6-9(4-7)11(8)10/h2,7-9H,1,3-6H2/q+1/t7-,8-,9?/m0/s1. The van der Waals surface area contributed by atoms with E-state index in [0.717, 1.165) is 18.0 Å². The van der Waals surface area contributed by atoms with Crippen LogP contribution in [0.3, 0.4) is 0 Å². The van der Waals surface area contributed by atoms with Gasteiger partial charge in [-0.05, 0) is 5.92 Å². The molecule has 0 spiro atoms. The molecule has 0 aliphatic carbocycles. The second kappa shape index (κ2) is 1.77. The van der Waals surface area contributed by atoms with E-state index >= 15 is 0 Å². The van der Waals surface area contributed by atoms with E-state index in [9.17, 15) is 0 Å². The molecule has 1 unspecified atom stereocenters. The smallest absolute Gasteiger partial charge is 0.166 e. The predicted octanol–water partition coefficient (Wildman–Crippen LogP) is 1.58. The van der Waals surface area contributed by atoms with Crippen molar-refractivity contribution >= 4 is 5.71 Å². The first-order valence-electron chi connectivity index (χ1n) is 4.64. The van der Waals surface area contributed by atoms with Gasteiger partial charge in [-0.1, -0.05) is 6.08 Å². The van der Waals surface area contributed by atoms with Crippen molar-refractivity contribution in [3.63, 3.8) is 0 Å². The van der Waals surface area contributed by atoms with Gasteiger partial charge in [-0.15, -0.1) is 6.58 Å². The highest BCUT2D eigenvalue weighted by Gasteiger charge is 2.55. The van der Waals surface area contributed by atoms with Gasteiger partial charge in [-0.25, -0.2) is 4.58 Å². The van der Waals surface area contributed by atoms with Crippen LogP contribution in [0.5, 0.6) is 0 Å². The Bertz CT molecular complexity index is 232. The molecule has 3 aliphatic heterocycles. The van der Waals surface area contributed by atoms with E-state index < -0.39 is 0 Å². The number of rotatable bonds is 1. The van der Waals surface area contributed by atoms with Crippen molar-refractivity contribution in [2.45, 2.75) is 37.8 Å². The molecule has 58 valence electrons. The lowest BCUT2D eigenvalue weighted by molar-refractivity contribution is -0.665. The van der Waals surface area contributed by atoms with E-state index in [4.69, 9.17) is 0 Å². The number of piperidine rings is 2. The first-order chi connectivity index (χ1) is 5.38. The minimum absolute atomic E-state index is 0.822. The van der Waals surface area contributed by atoms with Crippen molar-refractivity contribution < 1.29 is 4.58 Å². The van der Waals surface area contributed by atoms with Gasteiger partial charge in [0.1, 0.15) is 0 Å². The minimum Gasteiger partial charge on any atom is -0.230 e. The maximum Gasteiger partial charge on any atom is 0.166 e. The van der Waals surface area contributed by atoms with Crippen LogP contribution in [0, 0.1) is 5.92 Å². The number of allylic oxidation sites excluding steroid dienone is 1. The fourth-order valence-corrected chi connectivity index (χ4v) is 3.01. The fraction of sp³-hybridized carbons (Fsp3) is 0.700. The first-order valence-corrected chi connectivity index (χ1v) is 4.64. The molecule has 0 aromatic rings. The topological polar surface area (TPSA) is 3.01 Å². The lowest BCUT2D eigenvalue weighted by atomic mass is 9.72. The number of nitrogens with zero attached hydrogens (tertiary/aromatic N) is 1. The lowest BCUT2D eigenvalue weighted by Gasteiger charge is -2.45. The molecule has 3 rings (SSSR count). The number of hydrogen-bond donors (Lipinski definition) is 0. The molecule has 0 bridgehead atoms. The summed E-state index contributed by atoms with van der Waals surface area (Å²) >= 11 is 0. The van der Waals surface area contributed by atoms with Crippen LogP contribution in [0.25, 0.3) is 0 Å². The van der Waals surface area contributed by atoms with Crippen LogP contribution in [-0.4, -0.2) is 22.4 Å². The monoisotopic (exact) mass is 148 g/mol. The normalized spacial score (nSPS) is 45.6. The van der Waals surface area contributed by atoms with Crippen molar-refractivity contribution in [1.29, 1.82) is 0 Å². The lowest BCUT2D eigenvalue weighted by Crippen LogP contribution is -2.62. The fourth-order valence-electron chi connectivity index (χ4n) is 3.01. The zero-order valence-corrected chi connectivity index (χ0v) is 6.79. The molecule has 1 saturated heterocycles. The summed E-state index contributed by atoms with van der Waals surface area (Å²) < 4.78 is 2.65. The zero-order valence-electron chi connectivity index (χ0n) is 6.79. The third kappa shape index (κ3) is 0.597. The highest BCUT2D eigenvalue weighted by Crippen LogP contribution is 2.41. The van der Waals surface area contributed by atoms with Crippen molar-refractivity contribution in [1.82, 2.24) is 0 Å². The first kappa shape index (κ1) is 5.99. The van der Waals surface area contributed by atoms with Crippen LogP contribution in [0.1, 0.15) is 25.7 Å². The molecule has 3 heterocycles. The molecule has 0 radical (unpaired) electrons. The van der Waals surface area contributed by atoms with Crippen LogP contribution < -0.4 is 0 Å². The van der Waals surface area contributed by atoms with Gasteiger partial charge < -0.3 is 0 Å². The summed E-state index contributed by atoms with van der Waals surface area (Å²) in [5.74, 6) is 0.822. The van der Waals surface area contributed by atoms with Crippen LogP contribution in [0.4, 0.5) is 0 Å². The predicted molar refractivity (Wildman–Crippen MR) is 45.0 cm³/mol. The van der Waals surface area contributed by atoms with E-state index in [2.05, 4.69) is 17.2 Å². The summed E-state index contributed by atoms with van der Waals surface area (Å²) in [4.78, 5) is 0. The minimum atomic E-state index is 0.822. The summed E-state index contributed by atoms with van der Waals surface area (Å²) in [6.07, 6.45) is 7.72. The Morgan fingerprint density at radius 1 is 1.27 bits per heavy atom. The van der Waals surface area contributed by atoms with Crippen molar-refractivity contribution in [3.05, 3.63) is 12.7 Å². The molecule has 3 aliphatic rings. The molecule has 0 aromatic heterocycles. The van der Waals surface area contributed by atoms with Gasteiger partial charge in [0.25, 0.3) is 0 Å². The SMILES string of the molecule is C=C[C@@H]1CC2CC3=[N+]2[C@H](C3)C1. The van der Waals surface area contributed by atoms with E-state index in [1.54, 1.807) is 5.71 Å². The summed E-state index contributed by atoms with van der Waals surface area (Å²) in [7, 11) is 0. The average molecular weight is 148 g/mol. The highest BCUT2D eigenvalue weighted by molar-refractivity contribution is 5.86. The van der Waals surface area contributed by atoms with Crippen LogP contribution in [-0.2, 0) is 0 Å². The summed E-state index contributed by atoms with van der Waals surface area (Å²) in [5.41, 5.74) is 1.74. The Labute approximate surface area is 67.4 Å². The number of hydrogen-bond acceptors (Lipinski definition) is 0. The van der Waals surface area contributed by atoms with Gasteiger partial charge >= 0.3 is 0 Å². The van der Waals surface area contributed by atoms with E-state index in [1.165, 1.54) is 25.7 Å². The molecule has 3 atom stereocenters. The maximum absolute atomic E-state index is 3.89. The van der Waals surface area contributed by atoms with Gasteiger partial charge in [0.15, 0.2) is 17.8 Å². The molecule has 1 heteroatoms. The van der Waals surface area contributed by atoms with Gasteiger partial charge in [0.2, 0.25) is 0 Å². The summed E-state index contributed by atoms with van der Waals surface area (Å²) in [5, 5.41) is 0. The van der Waals surface area contributed by atoms with Gasteiger partial charge in [-0.2, -0.15) is 0 Å². The Morgan fingerprint density at radius 2 is 1.91 bits per heavy atom. The van der Waals surface area contributed by atoms with E-state index in [0.29, 0.717) is 0 Å². The van der Waals surface area contributed by atoms with Gasteiger partial charge in [-0.3, -0.25) is 0 Å². The molecule has 11 heavy (non-hydrogen) atoms. The molecular formula is C10H14N+. The van der Waals surface area contributed by atoms with Crippen molar-refractivity contribution in [2.75, 3.05) is 0 Å². The Balaban J connectivity index is 1.87. The third-order valence-electron chi connectivity index (χ3n) is 3.58. The quantitative estimate of drug-likeness (QED) is 0.392. The summed E-state index contributed by atoms with van der Waals surface area (Å²) in [6, 6.07) is 1.83. The Kier molecular flexibility index (Phi) is 0.961. The van der Waals surface area contributed by atoms with Crippen molar-refractivity contribution in [2.24, 2.45) is 5.92 Å². The van der Waals surface area contributed by atoms with Crippen LogP contribution in [0.2, 0.25) is 0 Å². The van der Waals surface area contributed by atoms with Crippen LogP contribution in [0.15, 0.2) is 12.7 Å². The second-order valence-electron chi connectivity index (χ2n) is 4.16. The molecular weight excluding hydrogens is 134 g/mol. The maximum atomic E-state index is 3.89. The molecule has 1 fully saturated rings. The Hall–Kier alpha value is -0.590. The molecule has 1 nitrogen and oxygen atoms in total. The van der Waals surface area contributed by atoms with Crippen molar-refractivity contribution in [3.8, 4) is 0 Å². The molecule has 0 N–H and O–H groups in total. The second-order valence-corrected chi connectivity index (χ2v) is 4.16. The van der Waals surface area contributed by atoms with Gasteiger partial charge in [0.05, 0.1) is 12.8 Å². The van der Waals surface area contributed by atoms with E-state index in [-0.39, 0.29) is 0 Å². The average Bonchev–Trinajstić information content (AvgIpc) is 1.92. The largest absolute Gasteiger partial charge is 0.230 e. The molecule has 0 amide bonds.